The summed E-state index contributed by atoms with van der Waals surface area (Å²) in [6.45, 7) is 1.86. The minimum atomic E-state index is -4.06. The summed E-state index contributed by atoms with van der Waals surface area (Å²) in [6.07, 6.45) is 1.30. The number of halogens is 1. The third-order valence-electron chi connectivity index (χ3n) is 3.37. The van der Waals surface area contributed by atoms with Gasteiger partial charge in [-0.25, -0.2) is 9.78 Å². The average molecular weight is 432 g/mol. The molecule has 0 radical (unpaired) electrons. The monoisotopic (exact) mass is 431 g/mol. The number of nitrogens with zero attached hydrogens (tertiary/aromatic N) is 2. The summed E-state index contributed by atoms with van der Waals surface area (Å²) in [5.74, 6) is -0.595. The number of carbonyl (C=O) groups is 1. The normalized spacial score (nSPS) is 11.5. The van der Waals surface area contributed by atoms with Crippen molar-refractivity contribution in [1.82, 2.24) is 9.55 Å². The number of aromatic nitrogens is 2. The zero-order valence-electron chi connectivity index (χ0n) is 13.7. The van der Waals surface area contributed by atoms with E-state index in [0.29, 0.717) is 5.56 Å². The molecule has 0 aromatic carbocycles. The highest BCUT2D eigenvalue weighted by molar-refractivity contribution is 7.93. The Kier molecular flexibility index (Phi) is 5.37. The maximum Gasteiger partial charge on any atom is 0.341 e. The standard InChI is InChI=1S/C15H14ClN3O4S3/c1-3-23-15(20)11-9(10-5-4-6-24-10)7-25-13(11)18-26(21,22)14-12(16)19(2)8-17-14/h4-8,18H,3H2,1-2H3. The first-order valence-corrected chi connectivity index (χ1v) is 11.0. The van der Waals surface area contributed by atoms with Gasteiger partial charge in [0.25, 0.3) is 10.0 Å². The Morgan fingerprint density at radius 2 is 2.19 bits per heavy atom. The number of hydrogen-bond acceptors (Lipinski definition) is 7. The number of ether oxygens (including phenoxy) is 1. The summed E-state index contributed by atoms with van der Waals surface area (Å²) in [7, 11) is -2.48. The Morgan fingerprint density at radius 3 is 2.77 bits per heavy atom. The largest absolute Gasteiger partial charge is 0.462 e. The Hall–Kier alpha value is -1.88. The third-order valence-corrected chi connectivity index (χ3v) is 7.14. The summed E-state index contributed by atoms with van der Waals surface area (Å²) in [4.78, 5) is 17.1. The number of thiophene rings is 2. The highest BCUT2D eigenvalue weighted by Gasteiger charge is 2.28. The van der Waals surface area contributed by atoms with Crippen LogP contribution < -0.4 is 4.72 Å². The molecule has 0 aliphatic carbocycles. The summed E-state index contributed by atoms with van der Waals surface area (Å²) in [5, 5.41) is 3.43. The highest BCUT2D eigenvalue weighted by Crippen LogP contribution is 2.39. The summed E-state index contributed by atoms with van der Waals surface area (Å²) in [5.41, 5.74) is 0.795. The quantitative estimate of drug-likeness (QED) is 0.599. The number of carbonyl (C=O) groups excluding carboxylic acids is 1. The lowest BCUT2D eigenvalue weighted by Crippen LogP contribution is -2.16. The Balaban J connectivity index is 2.05. The molecule has 0 saturated heterocycles. The lowest BCUT2D eigenvalue weighted by atomic mass is 10.1. The zero-order valence-corrected chi connectivity index (χ0v) is 16.9. The molecule has 0 spiro atoms. The van der Waals surface area contributed by atoms with Gasteiger partial charge in [-0.15, -0.1) is 22.7 Å². The zero-order chi connectivity index (χ0) is 18.9. The minimum absolute atomic E-state index is 0.0229. The van der Waals surface area contributed by atoms with Crippen molar-refractivity contribution in [3.8, 4) is 10.4 Å². The number of imidazole rings is 1. The first kappa shape index (κ1) is 18.9. The van der Waals surface area contributed by atoms with Crippen LogP contribution >= 0.6 is 34.3 Å². The molecule has 0 bridgehead atoms. The summed E-state index contributed by atoms with van der Waals surface area (Å²) >= 11 is 8.54. The number of sulfonamides is 1. The maximum atomic E-state index is 12.6. The van der Waals surface area contributed by atoms with Crippen LogP contribution in [0.15, 0.2) is 34.2 Å². The second-order valence-corrected chi connectivity index (χ2v) is 8.89. The van der Waals surface area contributed by atoms with Gasteiger partial charge in [0.15, 0.2) is 0 Å². The molecule has 0 saturated carbocycles. The molecule has 0 atom stereocenters. The molecule has 0 aliphatic rings. The SMILES string of the molecule is CCOC(=O)c1c(-c2cccs2)csc1NS(=O)(=O)c1ncn(C)c1Cl. The lowest BCUT2D eigenvalue weighted by Gasteiger charge is -2.09. The van der Waals surface area contributed by atoms with E-state index in [1.165, 1.54) is 22.2 Å². The van der Waals surface area contributed by atoms with Gasteiger partial charge >= 0.3 is 5.97 Å². The fraction of sp³-hybridized carbons (Fsp3) is 0.200. The van der Waals surface area contributed by atoms with Gasteiger partial charge in [0, 0.05) is 22.9 Å². The first-order valence-electron chi connectivity index (χ1n) is 7.37. The molecule has 0 unspecified atom stereocenters. The van der Waals surface area contributed by atoms with Gasteiger partial charge in [-0.1, -0.05) is 17.7 Å². The van der Waals surface area contributed by atoms with E-state index in [1.54, 1.807) is 19.4 Å². The molecular formula is C15H14ClN3O4S3. The Labute approximate surface area is 163 Å². The van der Waals surface area contributed by atoms with E-state index in [-0.39, 0.29) is 27.4 Å². The predicted molar refractivity (Wildman–Crippen MR) is 103 cm³/mol. The first-order chi connectivity index (χ1) is 12.3. The molecule has 0 aliphatic heterocycles. The van der Waals surface area contributed by atoms with E-state index in [2.05, 4.69) is 9.71 Å². The van der Waals surface area contributed by atoms with Crippen molar-refractivity contribution in [1.29, 1.82) is 0 Å². The van der Waals surface area contributed by atoms with Crippen LogP contribution in [0.2, 0.25) is 5.15 Å². The Bertz CT molecular complexity index is 1040. The van der Waals surface area contributed by atoms with Crippen molar-refractivity contribution >= 4 is 55.3 Å². The van der Waals surface area contributed by atoms with E-state index in [4.69, 9.17) is 16.3 Å². The van der Waals surface area contributed by atoms with Gasteiger partial charge in [0.2, 0.25) is 5.03 Å². The predicted octanol–water partition coefficient (Wildman–Crippen LogP) is 3.84. The van der Waals surface area contributed by atoms with E-state index in [9.17, 15) is 13.2 Å². The van der Waals surface area contributed by atoms with E-state index in [0.717, 1.165) is 16.2 Å². The minimum Gasteiger partial charge on any atom is -0.462 e. The van der Waals surface area contributed by atoms with Gasteiger partial charge in [-0.05, 0) is 18.4 Å². The number of anilines is 1. The number of hydrogen-bond donors (Lipinski definition) is 1. The van der Waals surface area contributed by atoms with Crippen LogP contribution in [0.4, 0.5) is 5.00 Å². The van der Waals surface area contributed by atoms with Crippen LogP contribution in [0.1, 0.15) is 17.3 Å². The van der Waals surface area contributed by atoms with E-state index in [1.807, 2.05) is 17.5 Å². The van der Waals surface area contributed by atoms with Gasteiger partial charge in [-0.2, -0.15) is 8.42 Å². The van der Waals surface area contributed by atoms with Crippen LogP contribution in [0.25, 0.3) is 10.4 Å². The molecule has 138 valence electrons. The fourth-order valence-corrected chi connectivity index (χ4v) is 5.72. The molecule has 26 heavy (non-hydrogen) atoms. The molecule has 3 heterocycles. The second kappa shape index (κ2) is 7.39. The smallest absolute Gasteiger partial charge is 0.341 e. The van der Waals surface area contributed by atoms with Crippen LogP contribution in [0.3, 0.4) is 0 Å². The van der Waals surface area contributed by atoms with Gasteiger partial charge in [0.05, 0.1) is 12.9 Å². The fourth-order valence-electron chi connectivity index (χ4n) is 2.20. The second-order valence-electron chi connectivity index (χ2n) is 5.11. The molecule has 3 rings (SSSR count). The third kappa shape index (κ3) is 3.50. The van der Waals surface area contributed by atoms with Gasteiger partial charge in [-0.3, -0.25) is 4.72 Å². The summed E-state index contributed by atoms with van der Waals surface area (Å²) < 4.78 is 34.2. The van der Waals surface area contributed by atoms with Crippen molar-refractivity contribution in [2.75, 3.05) is 11.3 Å². The maximum absolute atomic E-state index is 12.6. The van der Waals surface area contributed by atoms with Crippen molar-refractivity contribution < 1.29 is 17.9 Å². The van der Waals surface area contributed by atoms with E-state index >= 15 is 0 Å². The number of rotatable bonds is 6. The molecule has 7 nitrogen and oxygen atoms in total. The van der Waals surface area contributed by atoms with Crippen molar-refractivity contribution in [3.05, 3.63) is 39.9 Å². The van der Waals surface area contributed by atoms with Crippen LogP contribution in [0.5, 0.6) is 0 Å². The van der Waals surface area contributed by atoms with Crippen molar-refractivity contribution in [2.45, 2.75) is 11.9 Å². The topological polar surface area (TPSA) is 90.3 Å². The van der Waals surface area contributed by atoms with Gasteiger partial charge in [0.1, 0.15) is 15.7 Å². The molecule has 0 fully saturated rings. The van der Waals surface area contributed by atoms with E-state index < -0.39 is 16.0 Å². The Morgan fingerprint density at radius 1 is 1.42 bits per heavy atom. The van der Waals surface area contributed by atoms with Crippen molar-refractivity contribution in [2.24, 2.45) is 7.05 Å². The molecule has 3 aromatic heterocycles. The number of nitrogens with one attached hydrogen (secondary N) is 1. The van der Waals surface area contributed by atoms with Crippen LogP contribution in [0, 0.1) is 0 Å². The highest BCUT2D eigenvalue weighted by atomic mass is 35.5. The number of aryl methyl sites for hydroxylation is 1. The molecule has 3 aromatic rings. The number of esters is 1. The van der Waals surface area contributed by atoms with Gasteiger partial charge < -0.3 is 9.30 Å². The molecular weight excluding hydrogens is 418 g/mol. The summed E-state index contributed by atoms with van der Waals surface area (Å²) in [6, 6.07) is 3.70. The molecule has 11 heteroatoms. The van der Waals surface area contributed by atoms with Crippen molar-refractivity contribution in [3.63, 3.8) is 0 Å². The lowest BCUT2D eigenvalue weighted by molar-refractivity contribution is 0.0529. The van der Waals surface area contributed by atoms with Crippen LogP contribution in [-0.4, -0.2) is 30.5 Å². The average Bonchev–Trinajstić information content (AvgIpc) is 3.29. The van der Waals surface area contributed by atoms with Crippen LogP contribution in [-0.2, 0) is 21.8 Å². The molecule has 0 amide bonds. The molecule has 1 N–H and O–H groups in total.